The number of aryl methyl sites for hydroxylation is 3. The number of carbonyl (C=O) groups excluding carboxylic acids is 1. The Morgan fingerprint density at radius 1 is 1.39 bits per heavy atom. The van der Waals surface area contributed by atoms with Gasteiger partial charge in [0.1, 0.15) is 5.76 Å². The van der Waals surface area contributed by atoms with Crippen molar-refractivity contribution in [3.8, 4) is 0 Å². The average molecular weight is 244 g/mol. The van der Waals surface area contributed by atoms with Crippen molar-refractivity contribution in [1.29, 1.82) is 0 Å². The van der Waals surface area contributed by atoms with Crippen LogP contribution in [0.5, 0.6) is 0 Å². The van der Waals surface area contributed by atoms with Crippen molar-refractivity contribution in [3.05, 3.63) is 47.2 Å². The number of oxazole rings is 1. The normalized spacial score (nSPS) is 10.4. The van der Waals surface area contributed by atoms with Gasteiger partial charge in [-0.25, -0.2) is 4.98 Å². The number of rotatable bonds is 3. The largest absolute Gasteiger partial charge is 0.438 e. The molecule has 4 heteroatoms. The van der Waals surface area contributed by atoms with Crippen LogP contribution in [0.4, 0.5) is 5.69 Å². The second-order valence-corrected chi connectivity index (χ2v) is 4.19. The molecule has 1 aromatic carbocycles. The van der Waals surface area contributed by atoms with Gasteiger partial charge in [0.15, 0.2) is 0 Å². The molecule has 2 aromatic rings. The second kappa shape index (κ2) is 5.04. The summed E-state index contributed by atoms with van der Waals surface area (Å²) in [7, 11) is 0. The third-order valence-electron chi connectivity index (χ3n) is 2.79. The van der Waals surface area contributed by atoms with Gasteiger partial charge in [0.25, 0.3) is 5.89 Å². The summed E-state index contributed by atoms with van der Waals surface area (Å²) < 4.78 is 5.21. The molecule has 1 heterocycles. The number of anilines is 1. The van der Waals surface area contributed by atoms with Crippen molar-refractivity contribution in [1.82, 2.24) is 4.98 Å². The number of amides is 1. The van der Waals surface area contributed by atoms with E-state index in [-0.39, 0.29) is 11.8 Å². The van der Waals surface area contributed by atoms with E-state index >= 15 is 0 Å². The third kappa shape index (κ3) is 2.42. The molecular weight excluding hydrogens is 228 g/mol. The lowest BCUT2D eigenvalue weighted by Gasteiger charge is -2.11. The Morgan fingerprint density at radius 2 is 2.17 bits per heavy atom. The van der Waals surface area contributed by atoms with Crippen molar-refractivity contribution in [2.45, 2.75) is 27.2 Å². The van der Waals surface area contributed by atoms with E-state index in [4.69, 9.17) is 4.42 Å². The summed E-state index contributed by atoms with van der Waals surface area (Å²) in [5.74, 6) is 0.408. The first kappa shape index (κ1) is 12.4. The van der Waals surface area contributed by atoms with Gasteiger partial charge in [-0.15, -0.1) is 0 Å². The third-order valence-corrected chi connectivity index (χ3v) is 2.79. The highest BCUT2D eigenvalue weighted by molar-refractivity contribution is 6.01. The molecule has 0 aliphatic heterocycles. The number of hydrogen-bond donors (Lipinski definition) is 1. The topological polar surface area (TPSA) is 55.1 Å². The van der Waals surface area contributed by atoms with E-state index in [1.165, 1.54) is 6.20 Å². The minimum atomic E-state index is -0.313. The van der Waals surface area contributed by atoms with Crippen molar-refractivity contribution in [2.24, 2.45) is 0 Å². The molecule has 2 rings (SSSR count). The van der Waals surface area contributed by atoms with Gasteiger partial charge in [0.2, 0.25) is 0 Å². The maximum absolute atomic E-state index is 12.0. The van der Waals surface area contributed by atoms with Crippen molar-refractivity contribution >= 4 is 11.6 Å². The van der Waals surface area contributed by atoms with Gasteiger partial charge in [-0.05, 0) is 31.4 Å². The Bertz CT molecular complexity index is 573. The van der Waals surface area contributed by atoms with E-state index in [0.29, 0.717) is 5.76 Å². The van der Waals surface area contributed by atoms with Gasteiger partial charge in [-0.1, -0.05) is 25.1 Å². The monoisotopic (exact) mass is 244 g/mol. The highest BCUT2D eigenvalue weighted by atomic mass is 16.4. The summed E-state index contributed by atoms with van der Waals surface area (Å²) in [6.07, 6.45) is 2.40. The Labute approximate surface area is 106 Å². The summed E-state index contributed by atoms with van der Waals surface area (Å²) in [5.41, 5.74) is 2.98. The summed E-state index contributed by atoms with van der Waals surface area (Å²) in [4.78, 5) is 15.9. The zero-order valence-corrected chi connectivity index (χ0v) is 10.8. The fourth-order valence-electron chi connectivity index (χ4n) is 1.83. The predicted octanol–water partition coefficient (Wildman–Crippen LogP) is 3.11. The molecule has 0 bridgehead atoms. The van der Waals surface area contributed by atoms with Crippen LogP contribution in [0.2, 0.25) is 0 Å². The highest BCUT2D eigenvalue weighted by Crippen LogP contribution is 2.21. The number of hydrogen-bond acceptors (Lipinski definition) is 3. The highest BCUT2D eigenvalue weighted by Gasteiger charge is 2.14. The summed E-state index contributed by atoms with van der Waals surface area (Å²) in [5, 5.41) is 2.86. The Kier molecular flexibility index (Phi) is 3.46. The van der Waals surface area contributed by atoms with E-state index in [1.807, 2.05) is 25.1 Å². The van der Waals surface area contributed by atoms with E-state index in [1.54, 1.807) is 6.92 Å². The molecule has 0 fully saturated rings. The number of carbonyl (C=O) groups is 1. The van der Waals surface area contributed by atoms with Crippen LogP contribution >= 0.6 is 0 Å². The number of nitrogens with zero attached hydrogens (tertiary/aromatic N) is 1. The molecule has 1 amide bonds. The average Bonchev–Trinajstić information content (AvgIpc) is 2.78. The molecule has 0 aliphatic rings. The fraction of sp³-hybridized carbons (Fsp3) is 0.286. The lowest BCUT2D eigenvalue weighted by atomic mass is 10.1. The molecule has 0 atom stereocenters. The molecule has 94 valence electrons. The van der Waals surface area contributed by atoms with Crippen LogP contribution in [0.3, 0.4) is 0 Å². The lowest BCUT2D eigenvalue weighted by molar-refractivity contribution is 0.0989. The number of benzene rings is 1. The minimum absolute atomic E-state index is 0.0952. The smallest absolute Gasteiger partial charge is 0.311 e. The zero-order valence-electron chi connectivity index (χ0n) is 10.8. The first-order valence-corrected chi connectivity index (χ1v) is 5.94. The number of para-hydroxylation sites is 1. The van der Waals surface area contributed by atoms with Crippen LogP contribution < -0.4 is 5.32 Å². The van der Waals surface area contributed by atoms with Crippen LogP contribution in [0.15, 0.2) is 28.8 Å². The minimum Gasteiger partial charge on any atom is -0.438 e. The molecule has 0 saturated heterocycles. The van der Waals surface area contributed by atoms with Crippen LogP contribution in [-0.2, 0) is 6.42 Å². The molecule has 0 unspecified atom stereocenters. The van der Waals surface area contributed by atoms with Gasteiger partial charge < -0.3 is 9.73 Å². The van der Waals surface area contributed by atoms with E-state index in [0.717, 1.165) is 23.2 Å². The van der Waals surface area contributed by atoms with E-state index < -0.39 is 0 Å². The standard InChI is InChI=1S/C14H16N2O2/c1-4-11-7-5-6-9(2)12(11)16-13(17)14-15-8-10(3)18-14/h5-8H,4H2,1-3H3,(H,16,17). The number of nitrogens with one attached hydrogen (secondary N) is 1. The zero-order chi connectivity index (χ0) is 13.1. The van der Waals surface area contributed by atoms with Crippen LogP contribution in [0.1, 0.15) is 34.5 Å². The van der Waals surface area contributed by atoms with Gasteiger partial charge in [0.05, 0.1) is 6.20 Å². The summed E-state index contributed by atoms with van der Waals surface area (Å²) >= 11 is 0. The van der Waals surface area contributed by atoms with Crippen molar-refractivity contribution in [2.75, 3.05) is 5.32 Å². The second-order valence-electron chi connectivity index (χ2n) is 4.19. The molecule has 0 saturated carbocycles. The maximum atomic E-state index is 12.0. The molecule has 4 nitrogen and oxygen atoms in total. The van der Waals surface area contributed by atoms with Gasteiger partial charge in [-0.3, -0.25) is 4.79 Å². The molecule has 18 heavy (non-hydrogen) atoms. The van der Waals surface area contributed by atoms with Gasteiger partial charge in [-0.2, -0.15) is 0 Å². The predicted molar refractivity (Wildman–Crippen MR) is 69.8 cm³/mol. The molecule has 0 radical (unpaired) electrons. The Hall–Kier alpha value is -2.10. The maximum Gasteiger partial charge on any atom is 0.311 e. The van der Waals surface area contributed by atoms with Crippen LogP contribution in [0.25, 0.3) is 0 Å². The molecule has 0 spiro atoms. The first-order valence-electron chi connectivity index (χ1n) is 5.94. The van der Waals surface area contributed by atoms with Crippen molar-refractivity contribution < 1.29 is 9.21 Å². The van der Waals surface area contributed by atoms with Crippen LogP contribution in [-0.4, -0.2) is 10.9 Å². The van der Waals surface area contributed by atoms with E-state index in [2.05, 4.69) is 17.2 Å². The summed E-state index contributed by atoms with van der Waals surface area (Å²) in [6, 6.07) is 5.96. The molecule has 1 aromatic heterocycles. The SMILES string of the molecule is CCc1cccc(C)c1NC(=O)c1ncc(C)o1. The lowest BCUT2D eigenvalue weighted by Crippen LogP contribution is -2.14. The van der Waals surface area contributed by atoms with Crippen molar-refractivity contribution in [3.63, 3.8) is 0 Å². The van der Waals surface area contributed by atoms with Gasteiger partial charge in [0, 0.05) is 5.69 Å². The Morgan fingerprint density at radius 3 is 2.78 bits per heavy atom. The Balaban J connectivity index is 2.26. The molecule has 0 aliphatic carbocycles. The first-order chi connectivity index (χ1) is 8.61. The van der Waals surface area contributed by atoms with Crippen LogP contribution in [0, 0.1) is 13.8 Å². The molecular formula is C14H16N2O2. The fourth-order valence-corrected chi connectivity index (χ4v) is 1.83. The molecule has 1 N–H and O–H groups in total. The van der Waals surface area contributed by atoms with E-state index in [9.17, 15) is 4.79 Å². The summed E-state index contributed by atoms with van der Waals surface area (Å²) in [6.45, 7) is 5.78. The van der Waals surface area contributed by atoms with Gasteiger partial charge >= 0.3 is 5.91 Å². The quantitative estimate of drug-likeness (QED) is 0.902. The number of aromatic nitrogens is 1.